The van der Waals surface area contributed by atoms with Crippen molar-refractivity contribution in [3.8, 4) is 0 Å². The summed E-state index contributed by atoms with van der Waals surface area (Å²) < 4.78 is 5.34. The topological polar surface area (TPSA) is 41.5 Å². The molecular weight excluding hydrogens is 322 g/mol. The van der Waals surface area contributed by atoms with Crippen molar-refractivity contribution < 1.29 is 9.84 Å². The Labute approximate surface area is 155 Å². The SMILES string of the molecule is CC(O)OCCNC(c1ccccc1)(c1ccccc1)c1ccccc1. The predicted octanol–water partition coefficient (Wildman–Crippen LogP) is 3.92. The molecule has 0 aliphatic rings. The third-order valence-corrected chi connectivity index (χ3v) is 4.47. The van der Waals surface area contributed by atoms with Crippen molar-refractivity contribution in [2.24, 2.45) is 0 Å². The first kappa shape index (κ1) is 18.3. The average molecular weight is 347 g/mol. The first-order chi connectivity index (χ1) is 12.7. The molecule has 0 aliphatic carbocycles. The molecule has 0 saturated heterocycles. The van der Waals surface area contributed by atoms with Crippen LogP contribution >= 0.6 is 0 Å². The van der Waals surface area contributed by atoms with Crippen molar-refractivity contribution in [2.45, 2.75) is 18.8 Å². The molecule has 2 N–H and O–H groups in total. The van der Waals surface area contributed by atoms with Gasteiger partial charge in [-0.05, 0) is 23.6 Å². The third kappa shape index (κ3) is 4.02. The van der Waals surface area contributed by atoms with E-state index in [2.05, 4.69) is 78.1 Å². The standard InChI is InChI=1S/C23H25NO2/c1-19(25)26-18-17-24-23(20-11-5-2-6-12-20,21-13-7-3-8-14-21)22-15-9-4-10-16-22/h2-16,19,24-25H,17-18H2,1H3. The second-order valence-corrected chi connectivity index (χ2v) is 6.24. The molecule has 0 aromatic heterocycles. The number of rotatable bonds is 8. The molecule has 1 atom stereocenters. The van der Waals surface area contributed by atoms with Crippen LogP contribution in [0.5, 0.6) is 0 Å². The summed E-state index contributed by atoms with van der Waals surface area (Å²) in [6, 6.07) is 31.3. The van der Waals surface area contributed by atoms with Crippen LogP contribution in [0, 0.1) is 0 Å². The van der Waals surface area contributed by atoms with Gasteiger partial charge in [-0.15, -0.1) is 0 Å². The minimum Gasteiger partial charge on any atom is -0.368 e. The van der Waals surface area contributed by atoms with Gasteiger partial charge in [0.1, 0.15) is 0 Å². The van der Waals surface area contributed by atoms with Crippen LogP contribution in [-0.2, 0) is 10.3 Å². The Morgan fingerprint density at radius 2 is 1.15 bits per heavy atom. The minimum atomic E-state index is -0.767. The van der Waals surface area contributed by atoms with E-state index in [1.54, 1.807) is 6.92 Å². The normalized spacial score (nSPS) is 12.7. The maximum Gasteiger partial charge on any atom is 0.151 e. The fourth-order valence-electron chi connectivity index (χ4n) is 3.34. The number of nitrogens with one attached hydrogen (secondary N) is 1. The molecule has 3 heteroatoms. The van der Waals surface area contributed by atoms with Gasteiger partial charge in [0.05, 0.1) is 12.1 Å². The lowest BCUT2D eigenvalue weighted by atomic mass is 9.77. The van der Waals surface area contributed by atoms with E-state index < -0.39 is 11.8 Å². The molecule has 1 unspecified atom stereocenters. The third-order valence-electron chi connectivity index (χ3n) is 4.47. The number of benzene rings is 3. The van der Waals surface area contributed by atoms with E-state index in [4.69, 9.17) is 4.74 Å². The Hall–Kier alpha value is -2.46. The lowest BCUT2D eigenvalue weighted by Crippen LogP contribution is -2.46. The van der Waals surface area contributed by atoms with Gasteiger partial charge in [-0.2, -0.15) is 0 Å². The average Bonchev–Trinajstić information content (AvgIpc) is 2.70. The molecule has 26 heavy (non-hydrogen) atoms. The molecule has 0 amide bonds. The van der Waals surface area contributed by atoms with Gasteiger partial charge in [0, 0.05) is 6.54 Å². The fourth-order valence-corrected chi connectivity index (χ4v) is 3.34. The molecule has 0 spiro atoms. The molecule has 134 valence electrons. The van der Waals surface area contributed by atoms with Gasteiger partial charge >= 0.3 is 0 Å². The van der Waals surface area contributed by atoms with E-state index in [0.29, 0.717) is 13.2 Å². The first-order valence-electron chi connectivity index (χ1n) is 8.95. The van der Waals surface area contributed by atoms with Crippen molar-refractivity contribution in [3.05, 3.63) is 108 Å². The van der Waals surface area contributed by atoms with E-state index in [1.165, 1.54) is 0 Å². The highest BCUT2D eigenvalue weighted by atomic mass is 16.6. The lowest BCUT2D eigenvalue weighted by Gasteiger charge is -2.37. The monoisotopic (exact) mass is 347 g/mol. The van der Waals surface area contributed by atoms with Crippen LogP contribution in [0.4, 0.5) is 0 Å². The lowest BCUT2D eigenvalue weighted by molar-refractivity contribution is -0.0841. The van der Waals surface area contributed by atoms with Gasteiger partial charge in [0.15, 0.2) is 6.29 Å². The van der Waals surface area contributed by atoms with Crippen LogP contribution in [0.15, 0.2) is 91.0 Å². The number of aliphatic hydroxyl groups is 1. The maximum absolute atomic E-state index is 9.38. The van der Waals surface area contributed by atoms with Gasteiger partial charge in [-0.3, -0.25) is 5.32 Å². The van der Waals surface area contributed by atoms with Crippen molar-refractivity contribution in [1.82, 2.24) is 5.32 Å². The number of ether oxygens (including phenoxy) is 1. The van der Waals surface area contributed by atoms with Gasteiger partial charge in [-0.1, -0.05) is 91.0 Å². The second kappa shape index (κ2) is 8.77. The summed E-state index contributed by atoms with van der Waals surface area (Å²) >= 11 is 0. The summed E-state index contributed by atoms with van der Waals surface area (Å²) in [6.45, 7) is 2.65. The summed E-state index contributed by atoms with van der Waals surface area (Å²) in [7, 11) is 0. The fraction of sp³-hybridized carbons (Fsp3) is 0.217. The van der Waals surface area contributed by atoms with Gasteiger partial charge in [0.25, 0.3) is 0 Å². The zero-order chi connectivity index (χ0) is 18.2. The van der Waals surface area contributed by atoms with Crippen molar-refractivity contribution in [2.75, 3.05) is 13.2 Å². The highest BCUT2D eigenvalue weighted by Gasteiger charge is 2.35. The van der Waals surface area contributed by atoms with Gasteiger partial charge in [0.2, 0.25) is 0 Å². The van der Waals surface area contributed by atoms with E-state index in [-0.39, 0.29) is 0 Å². The van der Waals surface area contributed by atoms with E-state index in [9.17, 15) is 5.11 Å². The molecule has 0 fully saturated rings. The Morgan fingerprint density at radius 1 is 0.769 bits per heavy atom. The largest absolute Gasteiger partial charge is 0.368 e. The Morgan fingerprint density at radius 3 is 1.50 bits per heavy atom. The first-order valence-corrected chi connectivity index (χ1v) is 8.95. The second-order valence-electron chi connectivity index (χ2n) is 6.24. The predicted molar refractivity (Wildman–Crippen MR) is 105 cm³/mol. The van der Waals surface area contributed by atoms with Crippen molar-refractivity contribution in [3.63, 3.8) is 0 Å². The van der Waals surface area contributed by atoms with Crippen molar-refractivity contribution >= 4 is 0 Å². The highest BCUT2D eigenvalue weighted by molar-refractivity contribution is 5.49. The number of hydrogen-bond acceptors (Lipinski definition) is 3. The molecule has 0 saturated carbocycles. The molecule has 0 radical (unpaired) electrons. The van der Waals surface area contributed by atoms with Crippen LogP contribution in [-0.4, -0.2) is 24.5 Å². The molecule has 3 nitrogen and oxygen atoms in total. The van der Waals surface area contributed by atoms with Crippen LogP contribution in [0.25, 0.3) is 0 Å². The summed E-state index contributed by atoms with van der Waals surface area (Å²) in [4.78, 5) is 0. The van der Waals surface area contributed by atoms with E-state index >= 15 is 0 Å². The molecule has 0 bridgehead atoms. The highest BCUT2D eigenvalue weighted by Crippen LogP contribution is 2.36. The minimum absolute atomic E-state index is 0.423. The molecule has 3 rings (SSSR count). The number of aliphatic hydroxyl groups excluding tert-OH is 1. The Bertz CT molecular complexity index is 676. The van der Waals surface area contributed by atoms with Crippen LogP contribution in [0.1, 0.15) is 23.6 Å². The Balaban J connectivity index is 2.09. The van der Waals surface area contributed by atoms with Crippen molar-refractivity contribution in [1.29, 1.82) is 0 Å². The van der Waals surface area contributed by atoms with E-state index in [0.717, 1.165) is 16.7 Å². The maximum atomic E-state index is 9.38. The smallest absolute Gasteiger partial charge is 0.151 e. The summed E-state index contributed by atoms with van der Waals surface area (Å²) in [5.74, 6) is 0. The van der Waals surface area contributed by atoms with Gasteiger partial charge < -0.3 is 9.84 Å². The van der Waals surface area contributed by atoms with E-state index in [1.807, 2.05) is 18.2 Å². The van der Waals surface area contributed by atoms with Crippen LogP contribution in [0.3, 0.4) is 0 Å². The van der Waals surface area contributed by atoms with Gasteiger partial charge in [-0.25, -0.2) is 0 Å². The molecule has 3 aromatic rings. The summed E-state index contributed by atoms with van der Waals surface area (Å²) in [5, 5.41) is 13.1. The summed E-state index contributed by atoms with van der Waals surface area (Å²) in [6.07, 6.45) is -0.767. The van der Waals surface area contributed by atoms with Crippen LogP contribution in [0.2, 0.25) is 0 Å². The zero-order valence-corrected chi connectivity index (χ0v) is 15.0. The Kier molecular flexibility index (Phi) is 6.18. The number of hydrogen-bond donors (Lipinski definition) is 2. The molecule has 0 heterocycles. The molecule has 0 aliphatic heterocycles. The van der Waals surface area contributed by atoms with Crippen LogP contribution < -0.4 is 5.32 Å². The quantitative estimate of drug-likeness (QED) is 0.369. The zero-order valence-electron chi connectivity index (χ0n) is 15.0. The molecule has 3 aromatic carbocycles. The summed E-state index contributed by atoms with van der Waals surface area (Å²) in [5.41, 5.74) is 2.99. The molecular formula is C23H25NO2.